The summed E-state index contributed by atoms with van der Waals surface area (Å²) in [6, 6.07) is 0. The summed E-state index contributed by atoms with van der Waals surface area (Å²) in [4.78, 5) is 72.6. The van der Waals surface area contributed by atoms with Crippen molar-refractivity contribution in [3.63, 3.8) is 0 Å². The van der Waals surface area contributed by atoms with Crippen LogP contribution < -0.4 is 0 Å². The standard InChI is InChI=1S/C74H144O17P2/c1-7-10-12-14-16-18-26-34-40-46-52-58-73(78)90-69(62-84-71(76)56-50-44-38-17-15-13-11-8-2)64-88-92(80,81)86-60-68(75)61-87-93(82,83)89-65-70(63-85-72(77)57-51-45-39-33-29-25-21-22-27-31-36-42-48-54-66(4)5)91-74(79)59-53-47-41-35-30-24-20-19-23-28-32-37-43-49-55-67(6)9-3/h66-70,75H,7-65H2,1-6H3,(H,80,81)(H,82,83)/t67?,68-,69+,70+/m0/s1. The fraction of sp³-hybridized carbons (Fsp3) is 0.946. The lowest BCUT2D eigenvalue weighted by atomic mass is 9.99. The maximum absolute atomic E-state index is 13.1. The van der Waals surface area contributed by atoms with Crippen molar-refractivity contribution in [2.45, 2.75) is 400 Å². The number of hydrogen-bond acceptors (Lipinski definition) is 15. The van der Waals surface area contributed by atoms with Crippen LogP contribution in [0.3, 0.4) is 0 Å². The summed E-state index contributed by atoms with van der Waals surface area (Å²) in [5, 5.41) is 10.6. The van der Waals surface area contributed by atoms with Gasteiger partial charge in [0, 0.05) is 25.7 Å². The van der Waals surface area contributed by atoms with E-state index in [1.165, 1.54) is 193 Å². The van der Waals surface area contributed by atoms with Crippen molar-refractivity contribution in [1.82, 2.24) is 0 Å². The first kappa shape index (κ1) is 91.1. The van der Waals surface area contributed by atoms with E-state index in [4.69, 9.17) is 37.0 Å². The van der Waals surface area contributed by atoms with Crippen molar-refractivity contribution >= 4 is 39.5 Å². The number of hydrogen-bond donors (Lipinski definition) is 3. The van der Waals surface area contributed by atoms with E-state index in [1.807, 2.05) is 0 Å². The molecule has 0 aromatic rings. The number of carbonyl (C=O) groups excluding carboxylic acids is 4. The molecule has 0 aliphatic rings. The van der Waals surface area contributed by atoms with Crippen molar-refractivity contribution in [1.29, 1.82) is 0 Å². The molecule has 552 valence electrons. The molecule has 0 amide bonds. The maximum Gasteiger partial charge on any atom is 0.472 e. The topological polar surface area (TPSA) is 237 Å². The summed E-state index contributed by atoms with van der Waals surface area (Å²) in [6.45, 7) is 9.63. The minimum Gasteiger partial charge on any atom is -0.462 e. The summed E-state index contributed by atoms with van der Waals surface area (Å²) < 4.78 is 68.4. The van der Waals surface area contributed by atoms with Crippen LogP contribution in [0.25, 0.3) is 0 Å². The summed E-state index contributed by atoms with van der Waals surface area (Å²) in [7, 11) is -9.90. The Morgan fingerprint density at radius 2 is 0.548 bits per heavy atom. The summed E-state index contributed by atoms with van der Waals surface area (Å²) in [5.41, 5.74) is 0. The van der Waals surface area contributed by atoms with Gasteiger partial charge in [-0.05, 0) is 37.5 Å². The highest BCUT2D eigenvalue weighted by atomic mass is 31.2. The second kappa shape index (κ2) is 66.0. The van der Waals surface area contributed by atoms with Gasteiger partial charge in [-0.15, -0.1) is 0 Å². The first-order valence-corrected chi connectivity index (χ1v) is 41.5. The van der Waals surface area contributed by atoms with Crippen LogP contribution in [0.4, 0.5) is 0 Å². The fourth-order valence-corrected chi connectivity index (χ4v) is 12.8. The molecule has 0 saturated carbocycles. The lowest BCUT2D eigenvalue weighted by molar-refractivity contribution is -0.161. The van der Waals surface area contributed by atoms with Crippen molar-refractivity contribution < 1.29 is 80.2 Å². The quantitative estimate of drug-likeness (QED) is 0.0222. The minimum absolute atomic E-state index is 0.107. The Hall–Kier alpha value is -1.94. The van der Waals surface area contributed by atoms with Gasteiger partial charge in [0.1, 0.15) is 19.3 Å². The van der Waals surface area contributed by atoms with Gasteiger partial charge in [0.05, 0.1) is 26.4 Å². The zero-order valence-corrected chi connectivity index (χ0v) is 62.3. The number of ether oxygens (including phenoxy) is 4. The highest BCUT2D eigenvalue weighted by Crippen LogP contribution is 2.45. The van der Waals surface area contributed by atoms with Crippen LogP contribution in [-0.4, -0.2) is 96.7 Å². The highest BCUT2D eigenvalue weighted by Gasteiger charge is 2.30. The molecule has 3 unspecified atom stereocenters. The van der Waals surface area contributed by atoms with E-state index in [1.54, 1.807) is 0 Å². The van der Waals surface area contributed by atoms with Gasteiger partial charge in [-0.25, -0.2) is 9.13 Å². The summed E-state index contributed by atoms with van der Waals surface area (Å²) in [6.07, 6.45) is 52.6. The number of carbonyl (C=O) groups is 4. The smallest absolute Gasteiger partial charge is 0.462 e. The predicted molar refractivity (Wildman–Crippen MR) is 377 cm³/mol. The Morgan fingerprint density at radius 1 is 0.312 bits per heavy atom. The lowest BCUT2D eigenvalue weighted by Gasteiger charge is -2.21. The number of esters is 4. The molecule has 0 fully saturated rings. The summed E-state index contributed by atoms with van der Waals surface area (Å²) in [5.74, 6) is -0.483. The first-order chi connectivity index (χ1) is 44.9. The number of aliphatic hydroxyl groups excluding tert-OH is 1. The summed E-state index contributed by atoms with van der Waals surface area (Å²) >= 11 is 0. The van der Waals surface area contributed by atoms with E-state index in [2.05, 4.69) is 41.5 Å². The molecule has 6 atom stereocenters. The Morgan fingerprint density at radius 3 is 0.817 bits per heavy atom. The number of unbranched alkanes of at least 4 members (excludes halogenated alkanes) is 42. The molecule has 0 aromatic heterocycles. The van der Waals surface area contributed by atoms with E-state index in [0.717, 1.165) is 108 Å². The molecule has 0 aromatic carbocycles. The van der Waals surface area contributed by atoms with E-state index < -0.39 is 97.5 Å². The van der Waals surface area contributed by atoms with E-state index in [-0.39, 0.29) is 25.7 Å². The van der Waals surface area contributed by atoms with Gasteiger partial charge < -0.3 is 33.8 Å². The van der Waals surface area contributed by atoms with Gasteiger partial charge in [-0.1, -0.05) is 330 Å². The van der Waals surface area contributed by atoms with Gasteiger partial charge in [0.2, 0.25) is 0 Å². The SMILES string of the molecule is CCCCCCCCCCCCCC(=O)O[C@H](COC(=O)CCCCCCCCCC)COP(=O)(O)OC[C@H](O)COP(=O)(O)OC[C@@H](COC(=O)CCCCCCCCCCCCCCCC(C)C)OC(=O)CCCCCCCCCCCCCCCCC(C)CC. The maximum atomic E-state index is 13.1. The van der Waals surface area contributed by atoms with Crippen LogP contribution in [0, 0.1) is 11.8 Å². The van der Waals surface area contributed by atoms with Gasteiger partial charge in [-0.3, -0.25) is 37.3 Å². The number of phosphoric acid groups is 2. The molecule has 0 spiro atoms. The monoisotopic (exact) mass is 1370 g/mol. The Balaban J connectivity index is 5.21. The minimum atomic E-state index is -4.96. The van der Waals surface area contributed by atoms with Gasteiger partial charge in [0.25, 0.3) is 0 Å². The van der Waals surface area contributed by atoms with Crippen molar-refractivity contribution in [3.05, 3.63) is 0 Å². The molecule has 0 heterocycles. The molecule has 0 bridgehead atoms. The van der Waals surface area contributed by atoms with Crippen molar-refractivity contribution in [2.75, 3.05) is 39.6 Å². The molecule has 3 N–H and O–H groups in total. The van der Waals surface area contributed by atoms with E-state index in [0.29, 0.717) is 25.7 Å². The Labute approximate surface area is 568 Å². The molecule has 0 aliphatic heterocycles. The van der Waals surface area contributed by atoms with Crippen LogP contribution in [0.15, 0.2) is 0 Å². The number of rotatable bonds is 73. The van der Waals surface area contributed by atoms with Crippen LogP contribution >= 0.6 is 15.6 Å². The van der Waals surface area contributed by atoms with Crippen LogP contribution in [-0.2, 0) is 65.4 Å². The molecular formula is C74H144O17P2. The van der Waals surface area contributed by atoms with Crippen molar-refractivity contribution in [3.8, 4) is 0 Å². The van der Waals surface area contributed by atoms with Gasteiger partial charge in [-0.2, -0.15) is 0 Å². The Bertz CT molecular complexity index is 1810. The highest BCUT2D eigenvalue weighted by molar-refractivity contribution is 7.47. The zero-order chi connectivity index (χ0) is 68.6. The predicted octanol–water partition coefficient (Wildman–Crippen LogP) is 21.6. The third-order valence-electron chi connectivity index (χ3n) is 17.6. The van der Waals surface area contributed by atoms with E-state index in [9.17, 15) is 43.2 Å². The van der Waals surface area contributed by atoms with Gasteiger partial charge >= 0.3 is 39.5 Å². The first-order valence-electron chi connectivity index (χ1n) is 38.5. The average Bonchev–Trinajstić information content (AvgIpc) is 1.73. The molecule has 0 aliphatic carbocycles. The largest absolute Gasteiger partial charge is 0.472 e. The van der Waals surface area contributed by atoms with Crippen LogP contribution in [0.2, 0.25) is 0 Å². The molecule has 19 heteroatoms. The second-order valence-corrected chi connectivity index (χ2v) is 30.3. The van der Waals surface area contributed by atoms with Crippen molar-refractivity contribution in [2.24, 2.45) is 11.8 Å². The Kier molecular flexibility index (Phi) is 64.6. The number of phosphoric ester groups is 2. The third kappa shape index (κ3) is 67.0. The molecule has 93 heavy (non-hydrogen) atoms. The molecule has 0 radical (unpaired) electrons. The molecule has 0 saturated heterocycles. The van der Waals surface area contributed by atoms with Crippen LogP contribution in [0.1, 0.15) is 382 Å². The third-order valence-corrected chi connectivity index (χ3v) is 19.5. The lowest BCUT2D eigenvalue weighted by Crippen LogP contribution is -2.30. The fourth-order valence-electron chi connectivity index (χ4n) is 11.3. The molecule has 0 rings (SSSR count). The second-order valence-electron chi connectivity index (χ2n) is 27.4. The molecular weight excluding hydrogens is 1220 g/mol. The number of aliphatic hydroxyl groups is 1. The van der Waals surface area contributed by atoms with Gasteiger partial charge in [0.15, 0.2) is 12.2 Å². The van der Waals surface area contributed by atoms with Crippen LogP contribution in [0.5, 0.6) is 0 Å². The normalized spacial score (nSPS) is 14.3. The zero-order valence-electron chi connectivity index (χ0n) is 60.6. The van der Waals surface area contributed by atoms with E-state index >= 15 is 0 Å². The average molecular weight is 1370 g/mol. The molecule has 17 nitrogen and oxygen atoms in total.